The van der Waals surface area contributed by atoms with Gasteiger partial charge in [-0.2, -0.15) is 26.3 Å². The molecule has 2 aromatic carbocycles. The van der Waals surface area contributed by atoms with E-state index in [1.165, 1.54) is 18.9 Å². The molecular formula is C24H23F9N2O5. The van der Waals surface area contributed by atoms with Crippen LogP contribution in [0.3, 0.4) is 0 Å². The molecule has 2 aromatic rings. The molecule has 0 aliphatic carbocycles. The third kappa shape index (κ3) is 7.69. The van der Waals surface area contributed by atoms with E-state index in [0.29, 0.717) is 12.1 Å². The number of carbonyl (C=O) groups excluding carboxylic acids is 1. The summed E-state index contributed by atoms with van der Waals surface area (Å²) >= 11 is 0. The predicted octanol–water partition coefficient (Wildman–Crippen LogP) is 6.72. The van der Waals surface area contributed by atoms with Gasteiger partial charge in [0.15, 0.2) is 0 Å². The van der Waals surface area contributed by atoms with Gasteiger partial charge >= 0.3 is 24.8 Å². The van der Waals surface area contributed by atoms with Gasteiger partial charge in [0.25, 0.3) is 0 Å². The maximum absolute atomic E-state index is 13.4. The fourth-order valence-corrected chi connectivity index (χ4v) is 4.10. The molecule has 0 spiro atoms. The number of methoxy groups -OCH3 is 1. The molecule has 3 rings (SSSR count). The fraction of sp³-hybridized carbons (Fsp3) is 0.458. The number of benzene rings is 2. The van der Waals surface area contributed by atoms with E-state index in [1.54, 1.807) is 0 Å². The number of anilines is 1. The molecule has 7 nitrogen and oxygen atoms in total. The van der Waals surface area contributed by atoms with Crippen LogP contribution in [0.15, 0.2) is 36.4 Å². The van der Waals surface area contributed by atoms with Crippen molar-refractivity contribution in [2.45, 2.75) is 44.3 Å². The van der Waals surface area contributed by atoms with Gasteiger partial charge in [0.2, 0.25) is 0 Å². The highest BCUT2D eigenvalue weighted by Gasteiger charge is 2.39. The molecule has 1 saturated heterocycles. The lowest BCUT2D eigenvalue weighted by Gasteiger charge is -2.32. The summed E-state index contributed by atoms with van der Waals surface area (Å²) in [6.07, 6.45) is -17.5. The second kappa shape index (κ2) is 11.7. The summed E-state index contributed by atoms with van der Waals surface area (Å²) in [7, 11) is 2.36. The quantitative estimate of drug-likeness (QED) is 0.361. The Hall–Kier alpha value is -3.24. The Balaban J connectivity index is 2.03. The molecule has 0 aromatic heterocycles. The van der Waals surface area contributed by atoms with E-state index in [9.17, 15) is 44.3 Å². The van der Waals surface area contributed by atoms with Crippen molar-refractivity contribution in [1.82, 2.24) is 4.90 Å². The Morgan fingerprint density at radius 2 is 1.60 bits per heavy atom. The molecule has 2 atom stereocenters. The van der Waals surface area contributed by atoms with Gasteiger partial charge in [-0.25, -0.2) is 4.79 Å². The Bertz CT molecular complexity index is 1170. The summed E-state index contributed by atoms with van der Waals surface area (Å²) in [6, 6.07) is 3.20. The van der Waals surface area contributed by atoms with Crippen LogP contribution in [0.2, 0.25) is 0 Å². The molecule has 1 fully saturated rings. The lowest BCUT2D eigenvalue weighted by Crippen LogP contribution is -2.37. The molecule has 1 heterocycles. The number of nitrogens with zero attached hydrogens (tertiary/aromatic N) is 2. The van der Waals surface area contributed by atoms with Gasteiger partial charge in [-0.3, -0.25) is 9.80 Å². The molecule has 1 aliphatic heterocycles. The minimum atomic E-state index is -5.09. The molecule has 0 radical (unpaired) electrons. The minimum absolute atomic E-state index is 0.0137. The molecule has 0 bridgehead atoms. The maximum atomic E-state index is 13.4. The Labute approximate surface area is 221 Å². The number of ether oxygens (including phenoxy) is 4. The van der Waals surface area contributed by atoms with Crippen molar-refractivity contribution in [3.05, 3.63) is 58.7 Å². The van der Waals surface area contributed by atoms with Gasteiger partial charge < -0.3 is 18.9 Å². The minimum Gasteiger partial charge on any atom is -0.452 e. The van der Waals surface area contributed by atoms with Gasteiger partial charge in [0, 0.05) is 19.6 Å². The first-order valence-electron chi connectivity index (χ1n) is 11.3. The number of halogens is 9. The van der Waals surface area contributed by atoms with Crippen LogP contribution in [0.5, 0.6) is 5.75 Å². The van der Waals surface area contributed by atoms with Crippen LogP contribution in [-0.4, -0.2) is 51.1 Å². The number of amides is 1. The normalized spacial score (nSPS) is 19.2. The van der Waals surface area contributed by atoms with Gasteiger partial charge in [0.05, 0.1) is 23.9 Å². The van der Waals surface area contributed by atoms with Gasteiger partial charge in [-0.1, -0.05) is 0 Å². The van der Waals surface area contributed by atoms with Crippen molar-refractivity contribution < 1.29 is 63.3 Å². The summed E-state index contributed by atoms with van der Waals surface area (Å²) < 4.78 is 139. The first kappa shape index (κ1) is 31.3. The molecule has 1 amide bonds. The average molecular weight is 590 g/mol. The van der Waals surface area contributed by atoms with Crippen LogP contribution >= 0.6 is 0 Å². The highest BCUT2D eigenvalue weighted by atomic mass is 19.4. The summed E-state index contributed by atoms with van der Waals surface area (Å²) in [5.74, 6) is -0.631. The lowest BCUT2D eigenvalue weighted by molar-refractivity contribution is -0.274. The van der Waals surface area contributed by atoms with Crippen molar-refractivity contribution in [2.75, 3.05) is 32.6 Å². The molecule has 222 valence electrons. The molecule has 40 heavy (non-hydrogen) atoms. The second-order valence-electron chi connectivity index (χ2n) is 8.73. The van der Waals surface area contributed by atoms with E-state index in [-0.39, 0.29) is 30.6 Å². The zero-order valence-electron chi connectivity index (χ0n) is 21.1. The summed E-state index contributed by atoms with van der Waals surface area (Å²) in [5.41, 5.74) is -3.35. The first-order chi connectivity index (χ1) is 18.4. The molecule has 16 heteroatoms. The average Bonchev–Trinajstić information content (AvgIpc) is 3.02. The van der Waals surface area contributed by atoms with E-state index < -0.39 is 66.2 Å². The summed E-state index contributed by atoms with van der Waals surface area (Å²) in [4.78, 5) is 14.5. The van der Waals surface area contributed by atoms with Crippen LogP contribution in [0.1, 0.15) is 35.3 Å². The lowest BCUT2D eigenvalue weighted by atomic mass is 9.96. The van der Waals surface area contributed by atoms with E-state index in [1.807, 2.05) is 0 Å². The number of hydrogen-bond acceptors (Lipinski definition) is 6. The molecule has 0 unspecified atom stereocenters. The highest BCUT2D eigenvalue weighted by Crippen LogP contribution is 2.40. The van der Waals surface area contributed by atoms with Crippen LogP contribution in [0.4, 0.5) is 50.0 Å². The van der Waals surface area contributed by atoms with Crippen LogP contribution in [-0.2, 0) is 33.1 Å². The third-order valence-electron chi connectivity index (χ3n) is 6.01. The topological polar surface area (TPSA) is 60.5 Å². The number of alkyl halides is 9. The fourth-order valence-electron chi connectivity index (χ4n) is 4.10. The number of carbonyl (C=O) groups is 1. The Morgan fingerprint density at radius 3 is 2.12 bits per heavy atom. The van der Waals surface area contributed by atoms with Gasteiger partial charge in [0.1, 0.15) is 25.4 Å². The van der Waals surface area contributed by atoms with Crippen LogP contribution < -0.4 is 9.64 Å². The number of hydrogen-bond donors (Lipinski definition) is 0. The van der Waals surface area contributed by atoms with Crippen molar-refractivity contribution >= 4 is 11.8 Å². The second-order valence-corrected chi connectivity index (χ2v) is 8.73. The van der Waals surface area contributed by atoms with Crippen LogP contribution in [0, 0.1) is 0 Å². The molecular weight excluding hydrogens is 567 g/mol. The Morgan fingerprint density at radius 1 is 1.00 bits per heavy atom. The SMILES string of the molecule is COC(=O)N(C)c1ccc(OC(F)(F)F)cc1CN1COCO[C@H](c2cc(C(F)(F)F)cc(C(F)(F)F)c2)[C@@H]1C. The van der Waals surface area contributed by atoms with E-state index >= 15 is 0 Å². The van der Waals surface area contributed by atoms with E-state index in [0.717, 1.165) is 30.2 Å². The largest absolute Gasteiger partial charge is 0.573 e. The monoisotopic (exact) mass is 590 g/mol. The standard InChI is InChI=1S/C24H23F9N2O5/c1-13-20(14-6-16(22(25,26)27)9-17(7-14)23(28,29)30)39-12-38-11-35(13)10-15-8-18(40-24(31,32)33)4-5-19(15)34(2)21(36)37-3/h4-9,13,20H,10-12H2,1-3H3/t13-,20-/m0/s1. The molecule has 0 N–H and O–H groups in total. The zero-order chi connectivity index (χ0) is 30.0. The number of rotatable bonds is 5. The van der Waals surface area contributed by atoms with E-state index in [2.05, 4.69) is 9.47 Å². The van der Waals surface area contributed by atoms with Crippen molar-refractivity contribution in [2.24, 2.45) is 0 Å². The Kier molecular flexibility index (Phi) is 9.16. The van der Waals surface area contributed by atoms with Crippen molar-refractivity contribution in [3.8, 4) is 5.75 Å². The van der Waals surface area contributed by atoms with Gasteiger partial charge in [-0.15, -0.1) is 13.2 Å². The smallest absolute Gasteiger partial charge is 0.452 e. The molecule has 1 aliphatic rings. The van der Waals surface area contributed by atoms with Crippen molar-refractivity contribution in [1.29, 1.82) is 0 Å². The van der Waals surface area contributed by atoms with Crippen LogP contribution in [0.25, 0.3) is 0 Å². The first-order valence-corrected chi connectivity index (χ1v) is 11.3. The summed E-state index contributed by atoms with van der Waals surface area (Å²) in [5, 5.41) is 0. The third-order valence-corrected chi connectivity index (χ3v) is 6.01. The zero-order valence-corrected chi connectivity index (χ0v) is 21.1. The summed E-state index contributed by atoms with van der Waals surface area (Å²) in [6.45, 7) is 0.383. The van der Waals surface area contributed by atoms with Crippen molar-refractivity contribution in [3.63, 3.8) is 0 Å². The van der Waals surface area contributed by atoms with Gasteiger partial charge in [-0.05, 0) is 54.4 Å². The highest BCUT2D eigenvalue weighted by molar-refractivity contribution is 5.88. The maximum Gasteiger partial charge on any atom is 0.573 e. The predicted molar refractivity (Wildman–Crippen MR) is 120 cm³/mol. The van der Waals surface area contributed by atoms with E-state index in [4.69, 9.17) is 9.47 Å². The molecule has 0 saturated carbocycles.